The fraction of sp³-hybridized carbons (Fsp3) is 0.824. The zero-order valence-corrected chi connectivity index (χ0v) is 14.9. The Bertz CT molecular complexity index is 487. The molecule has 0 radical (unpaired) electrons. The van der Waals surface area contributed by atoms with Crippen molar-refractivity contribution < 1.29 is 19.4 Å². The van der Waals surface area contributed by atoms with Gasteiger partial charge in [-0.15, -0.1) is 11.6 Å². The second-order valence-corrected chi connectivity index (χ2v) is 7.45. The van der Waals surface area contributed by atoms with E-state index in [4.69, 9.17) is 21.1 Å². The van der Waals surface area contributed by atoms with Crippen molar-refractivity contribution in [2.75, 3.05) is 13.0 Å². The molecule has 1 heterocycles. The molecule has 5 heteroatoms. The van der Waals surface area contributed by atoms with Gasteiger partial charge in [0, 0.05) is 13.5 Å². The molecular formula is C17H27ClO4. The van der Waals surface area contributed by atoms with Gasteiger partial charge in [0.1, 0.15) is 11.7 Å². The normalized spacial score (nSPS) is 44.8. The third kappa shape index (κ3) is 2.44. The summed E-state index contributed by atoms with van der Waals surface area (Å²) in [4.78, 5) is 12.3. The highest BCUT2D eigenvalue weighted by Gasteiger charge is 2.74. The average molecular weight is 331 g/mol. The Hall–Kier alpha value is -0.420. The van der Waals surface area contributed by atoms with Crippen LogP contribution in [0.3, 0.4) is 0 Å². The largest absolute Gasteiger partial charge is 0.388 e. The van der Waals surface area contributed by atoms with E-state index in [1.54, 1.807) is 0 Å². The van der Waals surface area contributed by atoms with Crippen LogP contribution in [0.25, 0.3) is 0 Å². The molecular weight excluding hydrogens is 304 g/mol. The van der Waals surface area contributed by atoms with E-state index in [1.165, 1.54) is 12.7 Å². The monoisotopic (exact) mass is 330 g/mol. The molecule has 0 spiro atoms. The fourth-order valence-electron chi connectivity index (χ4n) is 3.92. The third-order valence-corrected chi connectivity index (χ3v) is 6.18. The van der Waals surface area contributed by atoms with Crippen LogP contribution in [-0.2, 0) is 14.3 Å². The third-order valence-electron chi connectivity index (χ3n) is 5.74. The van der Waals surface area contributed by atoms with Crippen LogP contribution in [0.2, 0.25) is 0 Å². The lowest BCUT2D eigenvalue weighted by molar-refractivity contribution is -0.193. The van der Waals surface area contributed by atoms with Crippen molar-refractivity contribution in [3.63, 3.8) is 0 Å². The van der Waals surface area contributed by atoms with Crippen LogP contribution in [0.5, 0.6) is 0 Å². The maximum Gasteiger partial charge on any atom is 0.162 e. The number of Topliss-reactive ketones (excluding diaryl/α,β-unsaturated/α-hetero) is 1. The zero-order chi connectivity index (χ0) is 16.8. The first kappa shape index (κ1) is 17.9. The number of halogens is 1. The van der Waals surface area contributed by atoms with Crippen LogP contribution >= 0.6 is 11.6 Å². The number of epoxide rings is 1. The van der Waals surface area contributed by atoms with Crippen molar-refractivity contribution in [2.24, 2.45) is 5.41 Å². The van der Waals surface area contributed by atoms with Gasteiger partial charge in [-0.2, -0.15) is 0 Å². The van der Waals surface area contributed by atoms with Gasteiger partial charge in [-0.3, -0.25) is 4.79 Å². The summed E-state index contributed by atoms with van der Waals surface area (Å²) in [7, 11) is 1.51. The first-order valence-electron chi connectivity index (χ1n) is 7.81. The van der Waals surface area contributed by atoms with Crippen LogP contribution in [0.4, 0.5) is 0 Å². The highest BCUT2D eigenvalue weighted by Crippen LogP contribution is 2.61. The molecule has 22 heavy (non-hydrogen) atoms. The van der Waals surface area contributed by atoms with Crippen LogP contribution in [0.15, 0.2) is 11.6 Å². The number of carbonyl (C=O) groups excluding carboxylic acids is 1. The maximum atomic E-state index is 12.3. The summed E-state index contributed by atoms with van der Waals surface area (Å²) < 4.78 is 11.5. The summed E-state index contributed by atoms with van der Waals surface area (Å²) in [5.74, 6) is 0.0720. The van der Waals surface area contributed by atoms with Crippen molar-refractivity contribution in [3.8, 4) is 0 Å². The number of allylic oxidation sites excluding steroid dienone is 1. The minimum atomic E-state index is -1.18. The number of hydrogen-bond donors (Lipinski definition) is 1. The molecule has 126 valence electrons. The first-order valence-corrected chi connectivity index (χ1v) is 8.35. The molecule has 1 N–H and O–H groups in total. The number of ketones is 1. The lowest BCUT2D eigenvalue weighted by Gasteiger charge is -2.53. The minimum Gasteiger partial charge on any atom is -0.388 e. The molecule has 2 aliphatic rings. The summed E-state index contributed by atoms with van der Waals surface area (Å²) in [6, 6.07) is 0. The summed E-state index contributed by atoms with van der Waals surface area (Å²) in [6.45, 7) is 7.92. The minimum absolute atomic E-state index is 0.0116. The number of aliphatic hydroxyl groups is 1. The quantitative estimate of drug-likeness (QED) is 0.478. The van der Waals surface area contributed by atoms with E-state index >= 15 is 0 Å². The van der Waals surface area contributed by atoms with E-state index in [2.05, 4.69) is 6.08 Å². The molecule has 1 aliphatic carbocycles. The molecule has 0 amide bonds. The molecule has 1 aliphatic heterocycles. The van der Waals surface area contributed by atoms with Gasteiger partial charge in [0.15, 0.2) is 5.78 Å². The highest BCUT2D eigenvalue weighted by molar-refractivity contribution is 6.18. The molecule has 1 saturated heterocycles. The predicted octanol–water partition coefficient (Wildman–Crippen LogP) is 2.85. The lowest BCUT2D eigenvalue weighted by atomic mass is 9.55. The van der Waals surface area contributed by atoms with Gasteiger partial charge in [-0.05, 0) is 33.6 Å². The van der Waals surface area contributed by atoms with E-state index < -0.39 is 22.7 Å². The predicted molar refractivity (Wildman–Crippen MR) is 86.1 cm³/mol. The highest BCUT2D eigenvalue weighted by atomic mass is 35.5. The van der Waals surface area contributed by atoms with Gasteiger partial charge in [0.2, 0.25) is 0 Å². The Morgan fingerprint density at radius 3 is 2.64 bits per heavy atom. The Labute approximate surface area is 137 Å². The van der Waals surface area contributed by atoms with E-state index in [0.29, 0.717) is 6.42 Å². The van der Waals surface area contributed by atoms with Crippen molar-refractivity contribution in [3.05, 3.63) is 11.6 Å². The summed E-state index contributed by atoms with van der Waals surface area (Å²) in [5, 5.41) is 11.1. The van der Waals surface area contributed by atoms with E-state index in [1.807, 2.05) is 27.7 Å². The van der Waals surface area contributed by atoms with Gasteiger partial charge < -0.3 is 14.6 Å². The number of hydrogen-bond acceptors (Lipinski definition) is 4. The summed E-state index contributed by atoms with van der Waals surface area (Å²) in [5.41, 5.74) is -1.46. The van der Waals surface area contributed by atoms with Crippen LogP contribution in [-0.4, -0.2) is 47.3 Å². The molecule has 0 aromatic heterocycles. The smallest absolute Gasteiger partial charge is 0.162 e. The maximum absolute atomic E-state index is 12.3. The molecule has 0 bridgehead atoms. The van der Waals surface area contributed by atoms with E-state index in [-0.39, 0.29) is 24.2 Å². The number of rotatable bonds is 5. The Morgan fingerprint density at radius 1 is 1.50 bits per heavy atom. The van der Waals surface area contributed by atoms with E-state index in [9.17, 15) is 9.90 Å². The standard InChI is InChI=1S/C17H27ClO4/c1-11(2)6-7-13-16(4,22-13)15(3)14(21-5)12(19)8-9-17(15,20)10-18/h6,13-14,20H,7-10H2,1-5H3/t13?,14-,15-,16?,17?/m1/s1. The molecule has 2 rings (SSSR count). The summed E-state index contributed by atoms with van der Waals surface area (Å²) in [6.07, 6.45) is 2.77. The Balaban J connectivity index is 2.38. The Kier molecular flexibility index (Phi) is 4.80. The number of alkyl halides is 1. The molecule has 1 saturated carbocycles. The number of ether oxygens (including phenoxy) is 2. The van der Waals surface area contributed by atoms with E-state index in [0.717, 1.165) is 6.42 Å². The zero-order valence-electron chi connectivity index (χ0n) is 14.1. The fourth-order valence-corrected chi connectivity index (χ4v) is 4.33. The molecule has 4 nitrogen and oxygen atoms in total. The van der Waals surface area contributed by atoms with Gasteiger partial charge >= 0.3 is 0 Å². The van der Waals surface area contributed by atoms with Crippen molar-refractivity contribution in [1.82, 2.24) is 0 Å². The average Bonchev–Trinajstić information content (AvgIpc) is 3.14. The second-order valence-electron chi connectivity index (χ2n) is 7.18. The van der Waals surface area contributed by atoms with Crippen LogP contribution < -0.4 is 0 Å². The van der Waals surface area contributed by atoms with Gasteiger partial charge in [0.25, 0.3) is 0 Å². The van der Waals surface area contributed by atoms with Crippen molar-refractivity contribution in [1.29, 1.82) is 0 Å². The first-order chi connectivity index (χ1) is 10.2. The summed E-state index contributed by atoms with van der Waals surface area (Å²) >= 11 is 6.10. The van der Waals surface area contributed by atoms with Crippen molar-refractivity contribution >= 4 is 17.4 Å². The lowest BCUT2D eigenvalue weighted by Crippen LogP contribution is -2.67. The number of methoxy groups -OCH3 is 1. The van der Waals surface area contributed by atoms with Gasteiger partial charge in [0.05, 0.1) is 23.0 Å². The topological polar surface area (TPSA) is 59.1 Å². The second kappa shape index (κ2) is 5.90. The SMILES string of the molecule is CO[C@@H]1C(=O)CCC(O)(CCl)[C@@]1(C)C1(C)OC1CC=C(C)C. The molecule has 5 atom stereocenters. The van der Waals surface area contributed by atoms with Crippen LogP contribution in [0.1, 0.15) is 47.0 Å². The van der Waals surface area contributed by atoms with Gasteiger partial charge in [-0.1, -0.05) is 18.6 Å². The molecule has 3 unspecified atom stereocenters. The molecule has 2 fully saturated rings. The van der Waals surface area contributed by atoms with Crippen LogP contribution in [0, 0.1) is 5.41 Å². The number of carbonyl (C=O) groups is 1. The Morgan fingerprint density at radius 2 is 2.14 bits per heavy atom. The molecule has 0 aromatic carbocycles. The van der Waals surface area contributed by atoms with Crippen molar-refractivity contribution in [2.45, 2.75) is 70.4 Å². The molecule has 0 aromatic rings. The van der Waals surface area contributed by atoms with Gasteiger partial charge in [-0.25, -0.2) is 0 Å².